The lowest BCUT2D eigenvalue weighted by Crippen LogP contribution is -2.26. The standard InChI is InChI=1S/C6H4F3NO2/c7-6(8,9)12-5-2-1-3-10(11)4-5/h1-4H. The SMILES string of the molecule is [O-][n+]1cccc(OC(F)(F)F)c1. The molecule has 66 valence electrons. The molecule has 0 aliphatic heterocycles. The fourth-order valence-corrected chi connectivity index (χ4v) is 0.628. The van der Waals surface area contributed by atoms with E-state index in [1.54, 1.807) is 0 Å². The lowest BCUT2D eigenvalue weighted by molar-refractivity contribution is -0.606. The van der Waals surface area contributed by atoms with Crippen molar-refractivity contribution < 1.29 is 22.6 Å². The Morgan fingerprint density at radius 2 is 2.08 bits per heavy atom. The quantitative estimate of drug-likeness (QED) is 0.480. The summed E-state index contributed by atoms with van der Waals surface area (Å²) in [6.45, 7) is 0. The van der Waals surface area contributed by atoms with Gasteiger partial charge in [-0.2, -0.15) is 4.73 Å². The van der Waals surface area contributed by atoms with Crippen LogP contribution in [0.15, 0.2) is 24.5 Å². The van der Waals surface area contributed by atoms with Gasteiger partial charge < -0.3 is 9.94 Å². The smallest absolute Gasteiger partial charge is 0.573 e. The fraction of sp³-hybridized carbons (Fsp3) is 0.167. The fourth-order valence-electron chi connectivity index (χ4n) is 0.628. The van der Waals surface area contributed by atoms with Crippen LogP contribution in [-0.2, 0) is 0 Å². The summed E-state index contributed by atoms with van der Waals surface area (Å²) in [4.78, 5) is 0. The minimum absolute atomic E-state index is 0.223. The van der Waals surface area contributed by atoms with Gasteiger partial charge in [-0.05, 0) is 6.07 Å². The van der Waals surface area contributed by atoms with Gasteiger partial charge in [0, 0.05) is 6.07 Å². The van der Waals surface area contributed by atoms with Crippen molar-refractivity contribution in [2.75, 3.05) is 0 Å². The lowest BCUT2D eigenvalue weighted by Gasteiger charge is -2.06. The van der Waals surface area contributed by atoms with Gasteiger partial charge >= 0.3 is 6.36 Å². The Kier molecular flexibility index (Phi) is 2.07. The van der Waals surface area contributed by atoms with Crippen molar-refractivity contribution in [3.63, 3.8) is 0 Å². The minimum Gasteiger partial charge on any atom is -0.619 e. The van der Waals surface area contributed by atoms with E-state index in [9.17, 15) is 18.4 Å². The third-order valence-corrected chi connectivity index (χ3v) is 0.982. The van der Waals surface area contributed by atoms with Crippen LogP contribution in [0, 0.1) is 5.21 Å². The molecule has 0 fully saturated rings. The van der Waals surface area contributed by atoms with Crippen molar-refractivity contribution in [3.05, 3.63) is 29.7 Å². The molecule has 1 aromatic heterocycles. The van der Waals surface area contributed by atoms with Crippen molar-refractivity contribution in [2.24, 2.45) is 0 Å². The van der Waals surface area contributed by atoms with Crippen molar-refractivity contribution >= 4 is 0 Å². The van der Waals surface area contributed by atoms with E-state index in [1.165, 1.54) is 0 Å². The van der Waals surface area contributed by atoms with Crippen LogP contribution < -0.4 is 9.47 Å². The first-order valence-corrected chi connectivity index (χ1v) is 2.92. The summed E-state index contributed by atoms with van der Waals surface area (Å²) in [7, 11) is 0. The Bertz CT molecular complexity index is 274. The Balaban J connectivity index is 2.77. The van der Waals surface area contributed by atoms with Gasteiger partial charge in [-0.3, -0.25) is 0 Å². The third-order valence-electron chi connectivity index (χ3n) is 0.982. The molecule has 0 amide bonds. The molecular weight excluding hydrogens is 175 g/mol. The highest BCUT2D eigenvalue weighted by Crippen LogP contribution is 2.20. The van der Waals surface area contributed by atoms with Gasteiger partial charge in [0.2, 0.25) is 6.20 Å². The maximum atomic E-state index is 11.5. The van der Waals surface area contributed by atoms with Crippen molar-refractivity contribution in [1.82, 2.24) is 0 Å². The van der Waals surface area contributed by atoms with Crippen LogP contribution in [0.4, 0.5) is 13.2 Å². The van der Waals surface area contributed by atoms with E-state index < -0.39 is 12.1 Å². The van der Waals surface area contributed by atoms with Gasteiger partial charge in [0.25, 0.3) is 0 Å². The van der Waals surface area contributed by atoms with E-state index in [0.29, 0.717) is 6.20 Å². The van der Waals surface area contributed by atoms with Crippen molar-refractivity contribution in [1.29, 1.82) is 0 Å². The summed E-state index contributed by atoms with van der Waals surface area (Å²) in [5, 5.41) is 10.4. The van der Waals surface area contributed by atoms with Crippen molar-refractivity contribution in [3.8, 4) is 5.75 Å². The van der Waals surface area contributed by atoms with E-state index >= 15 is 0 Å². The maximum absolute atomic E-state index is 11.5. The Morgan fingerprint density at radius 3 is 2.58 bits per heavy atom. The number of rotatable bonds is 1. The predicted molar refractivity (Wildman–Crippen MR) is 32.1 cm³/mol. The first-order valence-electron chi connectivity index (χ1n) is 2.92. The summed E-state index contributed by atoms with van der Waals surface area (Å²) < 4.78 is 38.3. The van der Waals surface area contributed by atoms with Crippen LogP contribution >= 0.6 is 0 Å². The van der Waals surface area contributed by atoms with Gasteiger partial charge in [-0.15, -0.1) is 13.2 Å². The second kappa shape index (κ2) is 2.88. The topological polar surface area (TPSA) is 36.2 Å². The maximum Gasteiger partial charge on any atom is 0.573 e. The molecule has 0 bridgehead atoms. The van der Waals surface area contributed by atoms with Gasteiger partial charge in [-0.1, -0.05) is 0 Å². The highest BCUT2D eigenvalue weighted by atomic mass is 19.4. The largest absolute Gasteiger partial charge is 0.619 e. The zero-order chi connectivity index (χ0) is 9.19. The number of ether oxygens (including phenoxy) is 1. The molecule has 0 spiro atoms. The average Bonchev–Trinajstić information content (AvgIpc) is 1.82. The molecule has 0 aliphatic rings. The molecule has 0 saturated heterocycles. The zero-order valence-electron chi connectivity index (χ0n) is 5.71. The van der Waals surface area contributed by atoms with Gasteiger partial charge in [-0.25, -0.2) is 0 Å². The highest BCUT2D eigenvalue weighted by Gasteiger charge is 2.31. The number of hydrogen-bond donors (Lipinski definition) is 0. The van der Waals surface area contributed by atoms with E-state index in [1.807, 2.05) is 0 Å². The van der Waals surface area contributed by atoms with Crippen LogP contribution in [0.2, 0.25) is 0 Å². The van der Waals surface area contributed by atoms with Gasteiger partial charge in [0.15, 0.2) is 11.9 Å². The molecular formula is C6H4F3NO2. The van der Waals surface area contributed by atoms with Crippen molar-refractivity contribution in [2.45, 2.75) is 6.36 Å². The molecule has 0 atom stereocenters. The molecule has 0 aliphatic carbocycles. The van der Waals surface area contributed by atoms with Crippen LogP contribution in [0.5, 0.6) is 5.75 Å². The summed E-state index contributed by atoms with van der Waals surface area (Å²) in [6.07, 6.45) is -3.01. The molecule has 0 unspecified atom stereocenters. The molecule has 3 nitrogen and oxygen atoms in total. The Labute approximate surface area is 65.6 Å². The Hall–Kier alpha value is -1.46. The summed E-state index contributed by atoms with van der Waals surface area (Å²) in [5.74, 6) is -0.528. The molecule has 0 aromatic carbocycles. The highest BCUT2D eigenvalue weighted by molar-refractivity contribution is 5.12. The Morgan fingerprint density at radius 1 is 1.42 bits per heavy atom. The van der Waals surface area contributed by atoms with E-state index in [-0.39, 0.29) is 4.73 Å². The molecule has 0 radical (unpaired) electrons. The number of pyridine rings is 1. The first kappa shape index (κ1) is 8.63. The number of aromatic nitrogens is 1. The van der Waals surface area contributed by atoms with Crippen LogP contribution in [0.25, 0.3) is 0 Å². The summed E-state index contributed by atoms with van der Waals surface area (Å²) in [5.41, 5.74) is 0. The lowest BCUT2D eigenvalue weighted by atomic mass is 10.5. The molecule has 12 heavy (non-hydrogen) atoms. The van der Waals surface area contributed by atoms with E-state index in [0.717, 1.165) is 18.3 Å². The summed E-state index contributed by atoms with van der Waals surface area (Å²) >= 11 is 0. The third kappa shape index (κ3) is 2.65. The number of hydrogen-bond acceptors (Lipinski definition) is 2. The van der Waals surface area contributed by atoms with Gasteiger partial charge in [0.05, 0.1) is 0 Å². The van der Waals surface area contributed by atoms with Gasteiger partial charge in [0.1, 0.15) is 0 Å². The normalized spacial score (nSPS) is 11.2. The van der Waals surface area contributed by atoms with Crippen LogP contribution in [-0.4, -0.2) is 6.36 Å². The first-order chi connectivity index (χ1) is 5.47. The number of nitrogens with zero attached hydrogens (tertiary/aromatic N) is 1. The number of halogens is 3. The molecule has 0 saturated carbocycles. The second-order valence-electron chi connectivity index (χ2n) is 1.95. The predicted octanol–water partition coefficient (Wildman–Crippen LogP) is 1.22. The molecule has 1 rings (SSSR count). The van der Waals surface area contributed by atoms with Crippen LogP contribution in [0.1, 0.15) is 0 Å². The average molecular weight is 179 g/mol. The van der Waals surface area contributed by atoms with E-state index in [2.05, 4.69) is 4.74 Å². The van der Waals surface area contributed by atoms with E-state index in [4.69, 9.17) is 0 Å². The monoisotopic (exact) mass is 179 g/mol. The molecule has 1 heterocycles. The minimum atomic E-state index is -4.76. The molecule has 1 aromatic rings. The second-order valence-corrected chi connectivity index (χ2v) is 1.95. The van der Waals surface area contributed by atoms with Crippen LogP contribution in [0.3, 0.4) is 0 Å². The zero-order valence-corrected chi connectivity index (χ0v) is 5.71. The summed E-state index contributed by atoms with van der Waals surface area (Å²) in [6, 6.07) is 2.20. The molecule has 0 N–H and O–H groups in total. The molecule has 6 heteroatoms. The number of alkyl halides is 3.